The molecule has 1 aromatic heterocycles. The zero-order valence-electron chi connectivity index (χ0n) is 36.4. The van der Waals surface area contributed by atoms with Gasteiger partial charge in [0.2, 0.25) is 35.4 Å². The van der Waals surface area contributed by atoms with Crippen LogP contribution in [0.3, 0.4) is 0 Å². The van der Waals surface area contributed by atoms with Gasteiger partial charge < -0.3 is 46.9 Å². The van der Waals surface area contributed by atoms with Crippen molar-refractivity contribution in [2.45, 2.75) is 147 Å². The molecule has 1 fully saturated rings. The van der Waals surface area contributed by atoms with E-state index < -0.39 is 80.3 Å². The average molecular weight is 891 g/mol. The summed E-state index contributed by atoms with van der Waals surface area (Å²) < 4.78 is 23.0. The number of primary amides is 1. The minimum absolute atomic E-state index is 0.0670. The van der Waals surface area contributed by atoms with E-state index in [4.69, 9.17) is 14.8 Å². The fourth-order valence-electron chi connectivity index (χ4n) is 7.24. The van der Waals surface area contributed by atoms with E-state index in [2.05, 4.69) is 43.4 Å². The first kappa shape index (κ1) is 51.7. The number of aliphatic hydroxyl groups excluding tert-OH is 1. The monoisotopic (exact) mass is 890 g/mol. The lowest BCUT2D eigenvalue weighted by Crippen LogP contribution is -2.61. The van der Waals surface area contributed by atoms with E-state index in [1.807, 2.05) is 32.0 Å². The number of H-pyrrole nitrogens is 1. The fraction of sp³-hybridized carbons (Fsp3) is 0.643. The zero-order chi connectivity index (χ0) is 45.7. The minimum atomic E-state index is -4.70. The molecule has 346 valence electrons. The van der Waals surface area contributed by atoms with E-state index in [0.29, 0.717) is 31.5 Å². The standard InChI is InChI=1S/C42H67N8O11P/c1-28(2)23-33(47-42(57)36-20-16-21-50(36)30(4)52)39(54)46-34(24-32-25-44-27-45-32)40(55)48-35(26-51)41(56)49-37(38(43)53)29(3)61-62(58,59)60-22-15-10-8-6-5-7-9-12-17-31-18-13-11-14-19-31/h11,13-14,18-19,25,27-29,33-37,51H,5-10,12,15-17,20-24,26H2,1-4H3,(H2,43,53)(H,44,45)(H,46,54)(H,47,57)(H,48,55)(H,49,56)(H,58,59)/t29-,33+,34+,35+,36?,37+/m1/s1. The topological polar surface area (TPSA) is 284 Å². The Kier molecular flexibility index (Phi) is 22.3. The molecule has 20 heteroatoms. The van der Waals surface area contributed by atoms with Gasteiger partial charge in [0, 0.05) is 31.8 Å². The highest BCUT2D eigenvalue weighted by atomic mass is 31.2. The maximum absolute atomic E-state index is 13.7. The number of nitrogens with zero attached hydrogens (tertiary/aromatic N) is 2. The van der Waals surface area contributed by atoms with Crippen molar-refractivity contribution < 1.29 is 52.4 Å². The smallest absolute Gasteiger partial charge is 0.394 e. The highest BCUT2D eigenvalue weighted by molar-refractivity contribution is 7.47. The highest BCUT2D eigenvalue weighted by Gasteiger charge is 2.37. The summed E-state index contributed by atoms with van der Waals surface area (Å²) in [5, 5.41) is 20.1. The van der Waals surface area contributed by atoms with Crippen LogP contribution >= 0.6 is 7.82 Å². The van der Waals surface area contributed by atoms with Crippen molar-refractivity contribution in [3.05, 3.63) is 54.1 Å². The summed E-state index contributed by atoms with van der Waals surface area (Å²) in [6.07, 6.45) is 11.3. The lowest BCUT2D eigenvalue weighted by molar-refractivity contribution is -0.139. The number of hydrogen-bond donors (Lipinski definition) is 8. The van der Waals surface area contributed by atoms with Crippen LogP contribution in [0, 0.1) is 5.92 Å². The molecule has 0 aliphatic carbocycles. The Morgan fingerprint density at radius 2 is 1.50 bits per heavy atom. The average Bonchev–Trinajstić information content (AvgIpc) is 3.93. The Hall–Kier alpha value is -4.68. The van der Waals surface area contributed by atoms with Crippen molar-refractivity contribution in [2.75, 3.05) is 19.8 Å². The van der Waals surface area contributed by atoms with Crippen LogP contribution < -0.4 is 27.0 Å². The molecule has 1 aliphatic rings. The molecule has 62 heavy (non-hydrogen) atoms. The number of aryl methyl sites for hydroxylation is 1. The number of amides is 6. The summed E-state index contributed by atoms with van der Waals surface area (Å²) in [5.74, 6) is -4.68. The van der Waals surface area contributed by atoms with Crippen LogP contribution in [0.15, 0.2) is 42.9 Å². The number of unbranched alkanes of at least 4 members (excludes halogenated alkanes) is 7. The number of nitrogens with one attached hydrogen (secondary N) is 5. The van der Waals surface area contributed by atoms with Gasteiger partial charge in [-0.05, 0) is 56.9 Å². The molecule has 2 unspecified atom stereocenters. The molecular formula is C42H67N8O11P. The van der Waals surface area contributed by atoms with Crippen molar-refractivity contribution in [2.24, 2.45) is 11.7 Å². The van der Waals surface area contributed by atoms with Crippen LogP contribution in [-0.2, 0) is 55.2 Å². The van der Waals surface area contributed by atoms with Gasteiger partial charge in [-0.2, -0.15) is 0 Å². The number of hydrogen-bond acceptors (Lipinski definition) is 11. The Balaban J connectivity index is 1.52. The molecule has 6 amide bonds. The second-order valence-electron chi connectivity index (χ2n) is 16.2. The van der Waals surface area contributed by atoms with Crippen LogP contribution in [0.5, 0.6) is 0 Å². The number of likely N-dealkylation sites (tertiary alicyclic amines) is 1. The summed E-state index contributed by atoms with van der Waals surface area (Å²) in [6, 6.07) is 3.81. The predicted octanol–water partition coefficient (Wildman–Crippen LogP) is 2.31. The maximum atomic E-state index is 13.7. The summed E-state index contributed by atoms with van der Waals surface area (Å²) in [4.78, 5) is 97.2. The van der Waals surface area contributed by atoms with Crippen LogP contribution in [0.25, 0.3) is 0 Å². The van der Waals surface area contributed by atoms with Gasteiger partial charge in [0.15, 0.2) is 0 Å². The molecule has 1 saturated heterocycles. The first-order valence-corrected chi connectivity index (χ1v) is 23.1. The molecule has 7 atom stereocenters. The Bertz CT molecular complexity index is 1770. The predicted molar refractivity (Wildman–Crippen MR) is 230 cm³/mol. The van der Waals surface area contributed by atoms with E-state index in [0.717, 1.165) is 51.4 Å². The number of phosphoric ester groups is 1. The van der Waals surface area contributed by atoms with E-state index in [-0.39, 0.29) is 31.3 Å². The number of aliphatic hydroxyl groups is 1. The van der Waals surface area contributed by atoms with Gasteiger partial charge in [-0.1, -0.05) is 82.7 Å². The maximum Gasteiger partial charge on any atom is 0.472 e. The third-order valence-corrected chi connectivity index (χ3v) is 11.7. The fourth-order valence-corrected chi connectivity index (χ4v) is 8.21. The normalized spacial score (nSPS) is 17.3. The van der Waals surface area contributed by atoms with Crippen LogP contribution in [-0.4, -0.2) is 116 Å². The van der Waals surface area contributed by atoms with Crippen molar-refractivity contribution in [3.8, 4) is 0 Å². The summed E-state index contributed by atoms with van der Waals surface area (Å²) in [6.45, 7) is 5.66. The number of carbonyl (C=O) groups is 6. The lowest BCUT2D eigenvalue weighted by Gasteiger charge is -2.28. The number of carbonyl (C=O) groups excluding carboxylic acids is 6. The number of phosphoric acid groups is 1. The third-order valence-electron chi connectivity index (χ3n) is 10.6. The Morgan fingerprint density at radius 1 is 0.887 bits per heavy atom. The number of benzene rings is 1. The molecule has 2 heterocycles. The first-order valence-electron chi connectivity index (χ1n) is 21.6. The van der Waals surface area contributed by atoms with Gasteiger partial charge in [-0.15, -0.1) is 0 Å². The molecule has 1 aliphatic heterocycles. The number of aromatic nitrogens is 2. The van der Waals surface area contributed by atoms with Crippen LogP contribution in [0.2, 0.25) is 0 Å². The molecule has 0 spiro atoms. The summed E-state index contributed by atoms with van der Waals surface area (Å²) >= 11 is 0. The summed E-state index contributed by atoms with van der Waals surface area (Å²) in [5.41, 5.74) is 7.29. The van der Waals surface area contributed by atoms with E-state index in [9.17, 15) is 43.3 Å². The largest absolute Gasteiger partial charge is 0.472 e. The summed E-state index contributed by atoms with van der Waals surface area (Å²) in [7, 11) is -4.70. The molecule has 0 radical (unpaired) electrons. The van der Waals surface area contributed by atoms with Crippen LogP contribution in [0.4, 0.5) is 0 Å². The van der Waals surface area contributed by atoms with E-state index in [1.54, 1.807) is 0 Å². The van der Waals surface area contributed by atoms with E-state index in [1.165, 1.54) is 36.8 Å². The minimum Gasteiger partial charge on any atom is -0.394 e. The Labute approximate surface area is 364 Å². The number of aromatic amines is 1. The molecule has 3 rings (SSSR count). The third kappa shape index (κ3) is 18.3. The molecule has 1 aromatic carbocycles. The Morgan fingerprint density at radius 3 is 2.10 bits per heavy atom. The van der Waals surface area contributed by atoms with Gasteiger partial charge in [-0.3, -0.25) is 37.8 Å². The van der Waals surface area contributed by atoms with Gasteiger partial charge in [0.25, 0.3) is 0 Å². The molecule has 9 N–H and O–H groups in total. The van der Waals surface area contributed by atoms with E-state index >= 15 is 0 Å². The van der Waals surface area contributed by atoms with Gasteiger partial charge in [0.1, 0.15) is 30.2 Å². The lowest BCUT2D eigenvalue weighted by atomic mass is 10.0. The molecular weight excluding hydrogens is 823 g/mol. The molecule has 0 bridgehead atoms. The van der Waals surface area contributed by atoms with Gasteiger partial charge in [0.05, 0.1) is 25.6 Å². The second kappa shape index (κ2) is 26.7. The number of rotatable bonds is 29. The number of nitrogens with two attached hydrogens (primary N) is 1. The highest BCUT2D eigenvalue weighted by Crippen LogP contribution is 2.45. The van der Waals surface area contributed by atoms with Crippen molar-refractivity contribution in [3.63, 3.8) is 0 Å². The first-order chi connectivity index (χ1) is 29.5. The zero-order valence-corrected chi connectivity index (χ0v) is 37.3. The quantitative estimate of drug-likeness (QED) is 0.0432. The molecule has 19 nitrogen and oxygen atoms in total. The number of imidazole rings is 1. The molecule has 2 aromatic rings. The van der Waals surface area contributed by atoms with Crippen molar-refractivity contribution >= 4 is 43.3 Å². The second-order valence-corrected chi connectivity index (χ2v) is 17.6. The van der Waals surface area contributed by atoms with Crippen molar-refractivity contribution in [1.82, 2.24) is 36.1 Å². The SMILES string of the molecule is CC(=O)N1CCCC1C(=O)N[C@@H](CC(C)C)C(=O)N[C@@H](Cc1cnc[nH]1)C(=O)N[C@@H](CO)C(=O)N[C@H](C(N)=O)[C@@H](C)OP(=O)(O)OCCCCCCCCCCc1ccccc1. The van der Waals surface area contributed by atoms with Crippen molar-refractivity contribution in [1.29, 1.82) is 0 Å². The van der Waals surface area contributed by atoms with Crippen LogP contribution in [0.1, 0.15) is 110 Å². The van der Waals surface area contributed by atoms with Gasteiger partial charge in [-0.25, -0.2) is 9.55 Å². The molecule has 0 saturated carbocycles. The van der Waals surface area contributed by atoms with Gasteiger partial charge >= 0.3 is 7.82 Å².